The number of nitrogens with zero attached hydrogens (tertiary/aromatic N) is 3. The normalized spacial score (nSPS) is 11.5. The maximum atomic E-state index is 11.8. The molecule has 0 N–H and O–H groups in total. The number of carbonyl (C=O) groups excluding carboxylic acids is 1. The van der Waals surface area contributed by atoms with Crippen molar-refractivity contribution < 1.29 is 22.7 Å². The van der Waals surface area contributed by atoms with Gasteiger partial charge < -0.3 is 4.74 Å². The standard InChI is InChI=1S/C7H8F3N3O2/c1-15-6(14)5-4-11-13(12-5)3-2-7(8,9)10/h4H,2-3H2,1H3. The highest BCUT2D eigenvalue weighted by Crippen LogP contribution is 2.19. The van der Waals surface area contributed by atoms with Gasteiger partial charge in [-0.25, -0.2) is 4.79 Å². The van der Waals surface area contributed by atoms with Gasteiger partial charge in [-0.3, -0.25) is 0 Å². The van der Waals surface area contributed by atoms with E-state index in [1.807, 2.05) is 0 Å². The van der Waals surface area contributed by atoms with Crippen LogP contribution in [0, 0.1) is 0 Å². The number of aromatic nitrogens is 3. The predicted molar refractivity (Wildman–Crippen MR) is 42.0 cm³/mol. The molecule has 0 spiro atoms. The summed E-state index contributed by atoms with van der Waals surface area (Å²) in [7, 11) is 1.15. The lowest BCUT2D eigenvalue weighted by Gasteiger charge is -2.04. The SMILES string of the molecule is COC(=O)c1cnn(CCC(F)(F)F)n1. The molecule has 15 heavy (non-hydrogen) atoms. The fourth-order valence-electron chi connectivity index (χ4n) is 0.830. The van der Waals surface area contributed by atoms with Crippen LogP contribution in [-0.2, 0) is 11.3 Å². The minimum Gasteiger partial charge on any atom is -0.464 e. The molecule has 0 aliphatic heterocycles. The summed E-state index contributed by atoms with van der Waals surface area (Å²) in [5, 5.41) is 7.01. The molecule has 1 aromatic heterocycles. The number of hydrogen-bond acceptors (Lipinski definition) is 4. The lowest BCUT2D eigenvalue weighted by molar-refractivity contribution is -0.137. The van der Waals surface area contributed by atoms with Gasteiger partial charge in [0, 0.05) is 0 Å². The zero-order chi connectivity index (χ0) is 11.5. The van der Waals surface area contributed by atoms with E-state index in [1.165, 1.54) is 0 Å². The highest BCUT2D eigenvalue weighted by atomic mass is 19.4. The first-order valence-corrected chi connectivity index (χ1v) is 3.97. The van der Waals surface area contributed by atoms with E-state index in [1.54, 1.807) is 0 Å². The van der Waals surface area contributed by atoms with Gasteiger partial charge in [-0.1, -0.05) is 0 Å². The summed E-state index contributed by atoms with van der Waals surface area (Å²) in [4.78, 5) is 11.7. The van der Waals surface area contributed by atoms with Gasteiger partial charge >= 0.3 is 12.1 Å². The van der Waals surface area contributed by atoms with Crippen molar-refractivity contribution in [3.8, 4) is 0 Å². The fourth-order valence-corrected chi connectivity index (χ4v) is 0.830. The second-order valence-electron chi connectivity index (χ2n) is 2.68. The molecule has 0 aliphatic carbocycles. The Bertz CT molecular complexity index is 347. The summed E-state index contributed by atoms with van der Waals surface area (Å²) in [5.41, 5.74) is -0.111. The summed E-state index contributed by atoms with van der Waals surface area (Å²) in [6, 6.07) is 0. The van der Waals surface area contributed by atoms with Crippen LogP contribution in [0.1, 0.15) is 16.9 Å². The summed E-state index contributed by atoms with van der Waals surface area (Å²) < 4.78 is 39.8. The maximum absolute atomic E-state index is 11.8. The molecule has 84 valence electrons. The molecule has 0 saturated carbocycles. The Labute approximate surface area is 82.8 Å². The smallest absolute Gasteiger partial charge is 0.390 e. The van der Waals surface area contributed by atoms with Crippen LogP contribution in [0.2, 0.25) is 0 Å². The monoisotopic (exact) mass is 223 g/mol. The first kappa shape index (κ1) is 11.5. The predicted octanol–water partition coefficient (Wildman–Crippen LogP) is 1.02. The minimum absolute atomic E-state index is 0.111. The van der Waals surface area contributed by atoms with E-state index in [0.29, 0.717) is 0 Å². The zero-order valence-corrected chi connectivity index (χ0v) is 7.78. The second kappa shape index (κ2) is 4.28. The minimum atomic E-state index is -4.26. The molecule has 0 saturated heterocycles. The molecule has 0 bridgehead atoms. The number of alkyl halides is 3. The van der Waals surface area contributed by atoms with Crippen LogP contribution in [-0.4, -0.2) is 34.2 Å². The van der Waals surface area contributed by atoms with E-state index in [-0.39, 0.29) is 5.69 Å². The molecule has 5 nitrogen and oxygen atoms in total. The fraction of sp³-hybridized carbons (Fsp3) is 0.571. The number of hydrogen-bond donors (Lipinski definition) is 0. The highest BCUT2D eigenvalue weighted by Gasteiger charge is 2.27. The Morgan fingerprint density at radius 3 is 2.80 bits per heavy atom. The number of halogens is 3. The molecular weight excluding hydrogens is 215 g/mol. The van der Waals surface area contributed by atoms with Gasteiger partial charge in [-0.2, -0.15) is 23.1 Å². The topological polar surface area (TPSA) is 57.0 Å². The molecule has 8 heteroatoms. The van der Waals surface area contributed by atoms with Crippen molar-refractivity contribution >= 4 is 5.97 Å². The van der Waals surface area contributed by atoms with Gasteiger partial charge in [0.2, 0.25) is 0 Å². The van der Waals surface area contributed by atoms with Crippen molar-refractivity contribution in [1.82, 2.24) is 15.0 Å². The molecule has 0 radical (unpaired) electrons. The van der Waals surface area contributed by atoms with Gasteiger partial charge in [0.05, 0.1) is 26.3 Å². The van der Waals surface area contributed by atoms with Crippen molar-refractivity contribution in [3.63, 3.8) is 0 Å². The number of aryl methyl sites for hydroxylation is 1. The van der Waals surface area contributed by atoms with E-state index in [9.17, 15) is 18.0 Å². The maximum Gasteiger partial charge on any atom is 0.390 e. The molecule has 1 rings (SSSR count). The lowest BCUT2D eigenvalue weighted by Crippen LogP contribution is -2.14. The van der Waals surface area contributed by atoms with Gasteiger partial charge in [0.15, 0.2) is 5.69 Å². The van der Waals surface area contributed by atoms with E-state index in [2.05, 4.69) is 14.9 Å². The van der Waals surface area contributed by atoms with Crippen LogP contribution in [0.25, 0.3) is 0 Å². The van der Waals surface area contributed by atoms with E-state index in [0.717, 1.165) is 18.1 Å². The largest absolute Gasteiger partial charge is 0.464 e. The van der Waals surface area contributed by atoms with E-state index >= 15 is 0 Å². The Kier molecular flexibility index (Phi) is 3.28. The van der Waals surface area contributed by atoms with E-state index < -0.39 is 25.1 Å². The van der Waals surface area contributed by atoms with Gasteiger partial charge in [0.1, 0.15) is 0 Å². The van der Waals surface area contributed by atoms with Crippen molar-refractivity contribution in [2.45, 2.75) is 19.1 Å². The number of esters is 1. The van der Waals surface area contributed by atoms with Gasteiger partial charge in [-0.05, 0) is 0 Å². The van der Waals surface area contributed by atoms with Crippen LogP contribution in [0.4, 0.5) is 13.2 Å². The summed E-state index contributed by atoms with van der Waals surface area (Å²) in [6.07, 6.45) is -4.25. The van der Waals surface area contributed by atoms with Gasteiger partial charge in [0.25, 0.3) is 0 Å². The second-order valence-corrected chi connectivity index (χ2v) is 2.68. The average Bonchev–Trinajstić information content (AvgIpc) is 2.61. The Morgan fingerprint density at radius 2 is 2.27 bits per heavy atom. The molecule has 0 aromatic carbocycles. The molecule has 0 amide bonds. The van der Waals surface area contributed by atoms with Gasteiger partial charge in [-0.15, -0.1) is 5.10 Å². The van der Waals surface area contributed by atoms with Crippen LogP contribution in [0.3, 0.4) is 0 Å². The lowest BCUT2D eigenvalue weighted by atomic mass is 10.4. The number of carbonyl (C=O) groups is 1. The van der Waals surface area contributed by atoms with Crippen LogP contribution < -0.4 is 0 Å². The number of rotatable bonds is 3. The molecule has 0 fully saturated rings. The third-order valence-corrected chi connectivity index (χ3v) is 1.53. The zero-order valence-electron chi connectivity index (χ0n) is 7.78. The molecule has 1 aromatic rings. The molecule has 0 atom stereocenters. The first-order valence-electron chi connectivity index (χ1n) is 3.97. The Balaban J connectivity index is 2.57. The molecule has 1 heterocycles. The summed E-state index contributed by atoms with van der Waals surface area (Å²) in [6.45, 7) is -0.416. The quantitative estimate of drug-likeness (QED) is 0.718. The van der Waals surface area contributed by atoms with Crippen LogP contribution in [0.5, 0.6) is 0 Å². The van der Waals surface area contributed by atoms with Crippen molar-refractivity contribution in [1.29, 1.82) is 0 Å². The third-order valence-electron chi connectivity index (χ3n) is 1.53. The first-order chi connectivity index (χ1) is 6.92. The average molecular weight is 223 g/mol. The van der Waals surface area contributed by atoms with Crippen LogP contribution >= 0.6 is 0 Å². The van der Waals surface area contributed by atoms with Crippen molar-refractivity contribution in [3.05, 3.63) is 11.9 Å². The highest BCUT2D eigenvalue weighted by molar-refractivity contribution is 5.86. The molecular formula is C7H8F3N3O2. The van der Waals surface area contributed by atoms with E-state index in [4.69, 9.17) is 0 Å². The molecule has 0 unspecified atom stereocenters. The Hall–Kier alpha value is -1.60. The number of methoxy groups -OCH3 is 1. The summed E-state index contributed by atoms with van der Waals surface area (Å²) in [5.74, 6) is -0.728. The van der Waals surface area contributed by atoms with Crippen LogP contribution in [0.15, 0.2) is 6.20 Å². The summed E-state index contributed by atoms with van der Waals surface area (Å²) >= 11 is 0. The third kappa shape index (κ3) is 3.56. The number of ether oxygens (including phenoxy) is 1. The van der Waals surface area contributed by atoms with Crippen molar-refractivity contribution in [2.75, 3.05) is 7.11 Å². The Morgan fingerprint density at radius 1 is 1.60 bits per heavy atom. The van der Waals surface area contributed by atoms with Crippen molar-refractivity contribution in [2.24, 2.45) is 0 Å². The molecule has 0 aliphatic rings.